The van der Waals surface area contributed by atoms with Crippen LogP contribution in [0.3, 0.4) is 0 Å². The number of carbonyl (C=O) groups excluding carboxylic acids is 1. The monoisotopic (exact) mass is 476 g/mol. The molecule has 1 aliphatic heterocycles. The van der Waals surface area contributed by atoms with Gasteiger partial charge in [-0.05, 0) is 47.2 Å². The van der Waals surface area contributed by atoms with Crippen LogP contribution in [0.4, 0.5) is 0 Å². The molecule has 0 saturated heterocycles. The zero-order valence-corrected chi connectivity index (χ0v) is 16.8. The number of rotatable bonds is 3. The van der Waals surface area contributed by atoms with Gasteiger partial charge in [0.05, 0.1) is 17.6 Å². The lowest BCUT2D eigenvalue weighted by Gasteiger charge is -2.31. The maximum atomic E-state index is 12.9. The van der Waals surface area contributed by atoms with Gasteiger partial charge in [-0.15, -0.1) is 0 Å². The summed E-state index contributed by atoms with van der Waals surface area (Å²) in [7, 11) is 0. The van der Waals surface area contributed by atoms with Crippen LogP contribution in [0.5, 0.6) is 0 Å². The predicted molar refractivity (Wildman–Crippen MR) is 108 cm³/mol. The van der Waals surface area contributed by atoms with E-state index in [4.69, 9.17) is 4.74 Å². The van der Waals surface area contributed by atoms with Crippen LogP contribution < -0.4 is 5.56 Å². The average Bonchev–Trinajstić information content (AvgIpc) is 2.67. The second kappa shape index (κ2) is 6.72. The highest BCUT2D eigenvalue weighted by Crippen LogP contribution is 2.32. The fourth-order valence-electron chi connectivity index (χ4n) is 3.41. The second-order valence-electron chi connectivity index (χ2n) is 6.56. The number of esters is 1. The summed E-state index contributed by atoms with van der Waals surface area (Å²) in [5.41, 5.74) is 0.471. The van der Waals surface area contributed by atoms with Crippen LogP contribution in [0.15, 0.2) is 47.4 Å². The summed E-state index contributed by atoms with van der Waals surface area (Å²) in [6.45, 7) is 1.91. The van der Waals surface area contributed by atoms with Crippen molar-refractivity contribution in [1.29, 1.82) is 0 Å². The van der Waals surface area contributed by atoms with E-state index in [2.05, 4.69) is 27.6 Å². The van der Waals surface area contributed by atoms with Crippen LogP contribution in [-0.4, -0.2) is 20.6 Å². The van der Waals surface area contributed by atoms with Gasteiger partial charge >= 0.3 is 5.97 Å². The molecule has 0 aliphatic carbocycles. The molecule has 0 amide bonds. The predicted octanol–water partition coefficient (Wildman–Crippen LogP) is 2.70. The van der Waals surface area contributed by atoms with Gasteiger partial charge in [0.2, 0.25) is 0 Å². The number of cyclic esters (lactones) is 1. The summed E-state index contributed by atoms with van der Waals surface area (Å²) in [6, 6.07) is 11.5. The highest BCUT2D eigenvalue weighted by atomic mass is 127. The van der Waals surface area contributed by atoms with Crippen LogP contribution >= 0.6 is 22.6 Å². The standard InChI is InChI=1S/C20H17IN2O4/c1-2-20(26)15-7-8-23(18(24)14(15)11-27-19(20)25)10-13-9-12-5-3-4-6-16(12)22-17(13)21/h3-9,26H,2,10-11H2,1H3. The highest BCUT2D eigenvalue weighted by molar-refractivity contribution is 14.1. The molecule has 0 radical (unpaired) electrons. The molecular formula is C20H17IN2O4. The third kappa shape index (κ3) is 2.94. The molecule has 0 saturated carbocycles. The molecule has 1 atom stereocenters. The number of aliphatic hydroxyl groups is 1. The van der Waals surface area contributed by atoms with E-state index in [-0.39, 0.29) is 18.6 Å². The molecule has 0 spiro atoms. The Hall–Kier alpha value is -2.26. The lowest BCUT2D eigenvalue weighted by Crippen LogP contribution is -2.44. The number of pyridine rings is 2. The average molecular weight is 476 g/mol. The zero-order valence-electron chi connectivity index (χ0n) is 14.6. The number of hydrogen-bond acceptors (Lipinski definition) is 5. The normalized spacial score (nSPS) is 19.0. The molecule has 138 valence electrons. The van der Waals surface area contributed by atoms with Crippen LogP contribution in [0.1, 0.15) is 30.0 Å². The Labute approximate surface area is 168 Å². The van der Waals surface area contributed by atoms with Gasteiger partial charge in [-0.2, -0.15) is 0 Å². The topological polar surface area (TPSA) is 81.4 Å². The second-order valence-corrected chi connectivity index (χ2v) is 7.58. The molecule has 6 nitrogen and oxygen atoms in total. The number of para-hydroxylation sites is 1. The van der Waals surface area contributed by atoms with Crippen molar-refractivity contribution >= 4 is 39.5 Å². The first-order valence-corrected chi connectivity index (χ1v) is 9.68. The van der Waals surface area contributed by atoms with Gasteiger partial charge in [0.15, 0.2) is 5.60 Å². The Bertz CT molecular complexity index is 1120. The third-order valence-corrected chi connectivity index (χ3v) is 5.93. The number of benzene rings is 1. The minimum atomic E-state index is -1.76. The lowest BCUT2D eigenvalue weighted by atomic mass is 9.87. The van der Waals surface area contributed by atoms with Gasteiger partial charge in [0.1, 0.15) is 10.3 Å². The molecule has 0 fully saturated rings. The van der Waals surface area contributed by atoms with Gasteiger partial charge in [0, 0.05) is 22.7 Å². The van der Waals surface area contributed by atoms with Crippen LogP contribution in [0.25, 0.3) is 10.9 Å². The molecule has 7 heteroatoms. The van der Waals surface area contributed by atoms with Crippen LogP contribution in [0.2, 0.25) is 0 Å². The van der Waals surface area contributed by atoms with Gasteiger partial charge in [0.25, 0.3) is 5.56 Å². The first-order valence-electron chi connectivity index (χ1n) is 8.60. The Morgan fingerprint density at radius 2 is 2.07 bits per heavy atom. The summed E-state index contributed by atoms with van der Waals surface area (Å²) in [6.07, 6.45) is 1.76. The van der Waals surface area contributed by atoms with E-state index >= 15 is 0 Å². The number of fused-ring (bicyclic) bond motifs is 2. The van der Waals surface area contributed by atoms with Gasteiger partial charge in [-0.1, -0.05) is 25.1 Å². The van der Waals surface area contributed by atoms with Crippen molar-refractivity contribution in [3.63, 3.8) is 0 Å². The Balaban J connectivity index is 1.78. The molecule has 4 rings (SSSR count). The van der Waals surface area contributed by atoms with E-state index in [0.29, 0.717) is 17.7 Å². The van der Waals surface area contributed by atoms with Crippen molar-refractivity contribution in [2.24, 2.45) is 0 Å². The van der Waals surface area contributed by atoms with E-state index in [0.717, 1.165) is 20.2 Å². The van der Waals surface area contributed by atoms with Crippen molar-refractivity contribution < 1.29 is 14.6 Å². The van der Waals surface area contributed by atoms with Crippen molar-refractivity contribution in [1.82, 2.24) is 9.55 Å². The fourth-order valence-corrected chi connectivity index (χ4v) is 3.99. The highest BCUT2D eigenvalue weighted by Gasteiger charge is 2.44. The van der Waals surface area contributed by atoms with Crippen molar-refractivity contribution in [2.75, 3.05) is 0 Å². The SMILES string of the molecule is CCC1(O)C(=O)OCc2c1ccn(Cc1cc3ccccc3nc1I)c2=O. The van der Waals surface area contributed by atoms with Crippen molar-refractivity contribution in [3.05, 3.63) is 73.3 Å². The molecule has 2 aromatic heterocycles. The number of carbonyl (C=O) groups is 1. The van der Waals surface area contributed by atoms with E-state index in [9.17, 15) is 14.7 Å². The lowest BCUT2D eigenvalue weighted by molar-refractivity contribution is -0.172. The summed E-state index contributed by atoms with van der Waals surface area (Å²) < 4.78 is 7.45. The molecule has 0 bridgehead atoms. The number of ether oxygens (including phenoxy) is 1. The third-order valence-electron chi connectivity index (χ3n) is 5.00. The van der Waals surface area contributed by atoms with Gasteiger partial charge < -0.3 is 14.4 Å². The summed E-state index contributed by atoms with van der Waals surface area (Å²) >= 11 is 2.17. The van der Waals surface area contributed by atoms with Crippen molar-refractivity contribution in [3.8, 4) is 0 Å². The van der Waals surface area contributed by atoms with E-state index in [1.54, 1.807) is 23.8 Å². The zero-order chi connectivity index (χ0) is 19.2. The smallest absolute Gasteiger partial charge is 0.343 e. The first kappa shape index (κ1) is 18.1. The Kier molecular flexibility index (Phi) is 4.51. The molecule has 1 N–H and O–H groups in total. The molecule has 1 aromatic carbocycles. The summed E-state index contributed by atoms with van der Waals surface area (Å²) in [4.78, 5) is 29.5. The van der Waals surface area contributed by atoms with E-state index in [1.807, 2.05) is 30.3 Å². The molecule has 27 heavy (non-hydrogen) atoms. The number of nitrogens with zero attached hydrogens (tertiary/aromatic N) is 2. The van der Waals surface area contributed by atoms with Crippen molar-refractivity contribution in [2.45, 2.75) is 32.1 Å². The number of hydrogen-bond donors (Lipinski definition) is 1. The van der Waals surface area contributed by atoms with E-state index < -0.39 is 11.6 Å². The number of aromatic nitrogens is 2. The molecule has 1 aliphatic rings. The van der Waals surface area contributed by atoms with E-state index in [1.165, 1.54) is 0 Å². The fraction of sp³-hybridized carbons (Fsp3) is 0.250. The quantitative estimate of drug-likeness (QED) is 0.357. The largest absolute Gasteiger partial charge is 0.458 e. The molecule has 1 unspecified atom stereocenters. The van der Waals surface area contributed by atoms with Gasteiger partial charge in [-0.3, -0.25) is 4.79 Å². The maximum Gasteiger partial charge on any atom is 0.343 e. The van der Waals surface area contributed by atoms with Gasteiger partial charge in [-0.25, -0.2) is 9.78 Å². The molecule has 3 heterocycles. The number of halogens is 1. The summed E-state index contributed by atoms with van der Waals surface area (Å²) in [5.74, 6) is -0.706. The van der Waals surface area contributed by atoms with Crippen LogP contribution in [-0.2, 0) is 28.3 Å². The minimum Gasteiger partial charge on any atom is -0.458 e. The van der Waals surface area contributed by atoms with Crippen LogP contribution in [0, 0.1) is 3.70 Å². The summed E-state index contributed by atoms with van der Waals surface area (Å²) in [5, 5.41) is 11.6. The maximum absolute atomic E-state index is 12.9. The minimum absolute atomic E-state index is 0.122. The molecule has 3 aromatic rings. The Morgan fingerprint density at radius 3 is 2.85 bits per heavy atom. The first-order chi connectivity index (χ1) is 12.9. The molecular weight excluding hydrogens is 459 g/mol. The Morgan fingerprint density at radius 1 is 1.30 bits per heavy atom.